The lowest BCUT2D eigenvalue weighted by molar-refractivity contribution is 0.285. The van der Waals surface area contributed by atoms with Crippen molar-refractivity contribution >= 4 is 0 Å². The first-order valence-electron chi connectivity index (χ1n) is 5.93. The molecule has 0 saturated heterocycles. The molecule has 2 aromatic rings. The van der Waals surface area contributed by atoms with E-state index in [1.165, 1.54) is 5.56 Å². The Morgan fingerprint density at radius 3 is 2.89 bits per heavy atom. The van der Waals surface area contributed by atoms with Gasteiger partial charge in [-0.2, -0.15) is 4.98 Å². The van der Waals surface area contributed by atoms with E-state index < -0.39 is 0 Å². The first kappa shape index (κ1) is 12.6. The Bertz CT molecular complexity index is 508. The molecule has 0 bridgehead atoms. The monoisotopic (exact) mass is 247 g/mol. The van der Waals surface area contributed by atoms with Gasteiger partial charge >= 0.3 is 0 Å². The van der Waals surface area contributed by atoms with Crippen LogP contribution >= 0.6 is 0 Å². The summed E-state index contributed by atoms with van der Waals surface area (Å²) in [6.07, 6.45) is 0. The predicted molar refractivity (Wildman–Crippen MR) is 67.1 cm³/mol. The molecular formula is C13H17N3O2. The number of ether oxygens (including phenoxy) is 1. The highest BCUT2D eigenvalue weighted by Crippen LogP contribution is 2.20. The van der Waals surface area contributed by atoms with E-state index in [-0.39, 0.29) is 13.2 Å². The van der Waals surface area contributed by atoms with Crippen LogP contribution in [-0.4, -0.2) is 10.1 Å². The first-order valence-corrected chi connectivity index (χ1v) is 5.93. The average Bonchev–Trinajstić information content (AvgIpc) is 2.84. The maximum atomic E-state index is 5.61. The Morgan fingerprint density at radius 2 is 2.22 bits per heavy atom. The molecule has 5 nitrogen and oxygen atoms in total. The highest BCUT2D eigenvalue weighted by molar-refractivity contribution is 5.30. The second-order valence-corrected chi connectivity index (χ2v) is 4.32. The maximum Gasteiger partial charge on any atom is 0.240 e. The predicted octanol–water partition coefficient (Wildman–Crippen LogP) is 2.23. The topological polar surface area (TPSA) is 74.2 Å². The van der Waals surface area contributed by atoms with Gasteiger partial charge in [-0.3, -0.25) is 0 Å². The molecule has 0 aliphatic heterocycles. The summed E-state index contributed by atoms with van der Waals surface area (Å²) >= 11 is 0. The minimum atomic E-state index is 0.246. The van der Waals surface area contributed by atoms with Gasteiger partial charge in [0.05, 0.1) is 6.54 Å². The quantitative estimate of drug-likeness (QED) is 0.877. The summed E-state index contributed by atoms with van der Waals surface area (Å²) in [5, 5.41) is 3.77. The third kappa shape index (κ3) is 3.07. The second kappa shape index (κ2) is 5.64. The number of rotatable bonds is 5. The van der Waals surface area contributed by atoms with Crippen molar-refractivity contribution in [2.75, 3.05) is 0 Å². The third-order valence-electron chi connectivity index (χ3n) is 2.58. The van der Waals surface area contributed by atoms with Crippen LogP contribution in [0.1, 0.15) is 37.0 Å². The van der Waals surface area contributed by atoms with Crippen molar-refractivity contribution in [2.45, 2.75) is 32.9 Å². The molecule has 1 aromatic heterocycles. The third-order valence-corrected chi connectivity index (χ3v) is 2.58. The molecule has 0 saturated carbocycles. The summed E-state index contributed by atoms with van der Waals surface area (Å²) in [4.78, 5) is 4.07. The zero-order chi connectivity index (χ0) is 13.0. The summed E-state index contributed by atoms with van der Waals surface area (Å²) in [5.41, 5.74) is 6.63. The van der Waals surface area contributed by atoms with E-state index in [0.29, 0.717) is 17.6 Å². The Kier molecular flexibility index (Phi) is 3.94. The van der Waals surface area contributed by atoms with Gasteiger partial charge in [0.15, 0.2) is 6.61 Å². The van der Waals surface area contributed by atoms with Crippen LogP contribution in [0.2, 0.25) is 0 Å². The molecule has 18 heavy (non-hydrogen) atoms. The summed E-state index contributed by atoms with van der Waals surface area (Å²) in [6.45, 7) is 4.82. The summed E-state index contributed by atoms with van der Waals surface area (Å²) in [6, 6.07) is 8.00. The molecular weight excluding hydrogens is 230 g/mol. The lowest BCUT2D eigenvalue weighted by atomic mass is 10.0. The van der Waals surface area contributed by atoms with Crippen molar-refractivity contribution in [3.05, 3.63) is 41.5 Å². The van der Waals surface area contributed by atoms with Crippen LogP contribution < -0.4 is 10.5 Å². The molecule has 0 fully saturated rings. The number of nitrogens with zero attached hydrogens (tertiary/aromatic N) is 2. The van der Waals surface area contributed by atoms with E-state index in [1.54, 1.807) is 0 Å². The molecule has 0 aliphatic rings. The van der Waals surface area contributed by atoms with Crippen LogP contribution in [0.25, 0.3) is 0 Å². The molecule has 1 aromatic carbocycles. The standard InChI is InChI=1S/C13H17N3O2/c1-9(2)10-4-3-5-11(6-10)17-8-12-15-13(7-14)18-16-12/h3-6,9H,7-8,14H2,1-2H3. The molecule has 0 spiro atoms. The van der Waals surface area contributed by atoms with E-state index in [2.05, 4.69) is 30.1 Å². The van der Waals surface area contributed by atoms with Crippen LogP contribution in [0.15, 0.2) is 28.8 Å². The van der Waals surface area contributed by atoms with Gasteiger partial charge in [0.2, 0.25) is 11.7 Å². The highest BCUT2D eigenvalue weighted by Gasteiger charge is 2.06. The van der Waals surface area contributed by atoms with Crippen LogP contribution in [-0.2, 0) is 13.2 Å². The van der Waals surface area contributed by atoms with Crippen molar-refractivity contribution in [1.82, 2.24) is 10.1 Å². The fourth-order valence-electron chi connectivity index (χ4n) is 1.54. The molecule has 5 heteroatoms. The van der Waals surface area contributed by atoms with Gasteiger partial charge in [-0.25, -0.2) is 0 Å². The molecule has 0 amide bonds. The maximum absolute atomic E-state index is 5.61. The van der Waals surface area contributed by atoms with Crippen molar-refractivity contribution in [3.8, 4) is 5.75 Å². The minimum absolute atomic E-state index is 0.246. The first-order chi connectivity index (χ1) is 8.69. The largest absolute Gasteiger partial charge is 0.485 e. The number of nitrogens with two attached hydrogens (primary N) is 1. The van der Waals surface area contributed by atoms with Crippen LogP contribution in [0.4, 0.5) is 0 Å². The molecule has 0 atom stereocenters. The Labute approximate surface area is 106 Å². The zero-order valence-electron chi connectivity index (χ0n) is 10.6. The number of aromatic nitrogens is 2. The van der Waals surface area contributed by atoms with Gasteiger partial charge in [0, 0.05) is 0 Å². The van der Waals surface area contributed by atoms with Crippen molar-refractivity contribution < 1.29 is 9.26 Å². The fourth-order valence-corrected chi connectivity index (χ4v) is 1.54. The average molecular weight is 247 g/mol. The van der Waals surface area contributed by atoms with Gasteiger partial charge in [0.25, 0.3) is 0 Å². The summed E-state index contributed by atoms with van der Waals surface area (Å²) in [5.74, 6) is 2.21. The molecule has 96 valence electrons. The van der Waals surface area contributed by atoms with Crippen molar-refractivity contribution in [2.24, 2.45) is 5.73 Å². The molecule has 2 rings (SSSR count). The summed E-state index contributed by atoms with van der Waals surface area (Å²) < 4.78 is 10.5. The van der Waals surface area contributed by atoms with Gasteiger partial charge < -0.3 is 15.0 Å². The second-order valence-electron chi connectivity index (χ2n) is 4.32. The highest BCUT2D eigenvalue weighted by atomic mass is 16.5. The van der Waals surface area contributed by atoms with E-state index in [9.17, 15) is 0 Å². The molecule has 2 N–H and O–H groups in total. The normalized spacial score (nSPS) is 10.9. The Morgan fingerprint density at radius 1 is 1.39 bits per heavy atom. The van der Waals surface area contributed by atoms with E-state index >= 15 is 0 Å². The smallest absolute Gasteiger partial charge is 0.240 e. The van der Waals surface area contributed by atoms with Crippen molar-refractivity contribution in [1.29, 1.82) is 0 Å². The van der Waals surface area contributed by atoms with Crippen LogP contribution in [0.5, 0.6) is 5.75 Å². The number of benzene rings is 1. The Balaban J connectivity index is 1.99. The van der Waals surface area contributed by atoms with Gasteiger partial charge in [-0.15, -0.1) is 0 Å². The van der Waals surface area contributed by atoms with E-state index in [1.807, 2.05) is 18.2 Å². The number of hydrogen-bond donors (Lipinski definition) is 1. The molecule has 1 heterocycles. The van der Waals surface area contributed by atoms with Crippen LogP contribution in [0.3, 0.4) is 0 Å². The zero-order valence-corrected chi connectivity index (χ0v) is 10.6. The van der Waals surface area contributed by atoms with Crippen molar-refractivity contribution in [3.63, 3.8) is 0 Å². The molecule has 0 unspecified atom stereocenters. The van der Waals surface area contributed by atoms with Gasteiger partial charge in [-0.1, -0.05) is 31.1 Å². The van der Waals surface area contributed by atoms with Gasteiger partial charge in [-0.05, 0) is 23.6 Å². The SMILES string of the molecule is CC(C)c1cccc(OCc2noc(CN)n2)c1. The molecule has 0 radical (unpaired) electrons. The fraction of sp³-hybridized carbons (Fsp3) is 0.385. The Hall–Kier alpha value is -1.88. The van der Waals surface area contributed by atoms with Crippen LogP contribution in [0, 0.1) is 0 Å². The minimum Gasteiger partial charge on any atom is -0.485 e. The van der Waals surface area contributed by atoms with Gasteiger partial charge in [0.1, 0.15) is 5.75 Å². The van der Waals surface area contributed by atoms with E-state index in [4.69, 9.17) is 15.0 Å². The lowest BCUT2D eigenvalue weighted by Crippen LogP contribution is -2.00. The lowest BCUT2D eigenvalue weighted by Gasteiger charge is -2.08. The summed E-state index contributed by atoms with van der Waals surface area (Å²) in [7, 11) is 0. The molecule has 0 aliphatic carbocycles. The number of hydrogen-bond acceptors (Lipinski definition) is 5. The van der Waals surface area contributed by atoms with E-state index in [0.717, 1.165) is 5.75 Å².